The molecule has 1 aromatic carbocycles. The third kappa shape index (κ3) is 6.58. The maximum absolute atomic E-state index is 13.1. The Morgan fingerprint density at radius 3 is 2.27 bits per heavy atom. The van der Waals surface area contributed by atoms with Crippen molar-refractivity contribution in [3.05, 3.63) is 41.5 Å². The van der Waals surface area contributed by atoms with Crippen LogP contribution in [0.4, 0.5) is 13.2 Å². The number of nitrogens with zero attached hydrogens (tertiary/aromatic N) is 1. The summed E-state index contributed by atoms with van der Waals surface area (Å²) in [4.78, 5) is 22.1. The van der Waals surface area contributed by atoms with Gasteiger partial charge in [0.15, 0.2) is 0 Å². The normalized spacial score (nSPS) is 22.3. The first-order valence-corrected chi connectivity index (χ1v) is 10.0. The third-order valence-corrected chi connectivity index (χ3v) is 5.35. The first kappa shape index (κ1) is 23.9. The highest BCUT2D eigenvalue weighted by molar-refractivity contribution is 5.82. The molecule has 1 saturated carbocycles. The van der Waals surface area contributed by atoms with Crippen molar-refractivity contribution >= 4 is 18.0 Å². The fourth-order valence-electron chi connectivity index (χ4n) is 3.74. The van der Waals surface area contributed by atoms with Crippen molar-refractivity contribution in [2.75, 3.05) is 19.6 Å². The molecule has 1 aliphatic carbocycles. The number of carboxylic acids is 1. The van der Waals surface area contributed by atoms with E-state index in [1.807, 2.05) is 50.3 Å². The molecule has 30 heavy (non-hydrogen) atoms. The average Bonchev–Trinajstić information content (AvgIpc) is 3.42. The Bertz CT molecular complexity index is 770. The quantitative estimate of drug-likeness (QED) is 0.723. The Labute approximate surface area is 174 Å². The molecule has 1 heterocycles. The monoisotopic (exact) mass is 426 g/mol. The number of benzene rings is 1. The van der Waals surface area contributed by atoms with E-state index in [1.165, 1.54) is 0 Å². The van der Waals surface area contributed by atoms with E-state index >= 15 is 0 Å². The summed E-state index contributed by atoms with van der Waals surface area (Å²) in [5, 5.41) is 10.5. The number of carbonyl (C=O) groups excluding carboxylic acids is 1. The van der Waals surface area contributed by atoms with Gasteiger partial charge < -0.3 is 15.3 Å². The highest BCUT2D eigenvalue weighted by atomic mass is 19.4. The fourth-order valence-corrected chi connectivity index (χ4v) is 3.74. The number of carboxylic acid groups (broad SMARTS) is 1. The summed E-state index contributed by atoms with van der Waals surface area (Å²) in [6.07, 6.45) is -1.40. The summed E-state index contributed by atoms with van der Waals surface area (Å²) in [6.45, 7) is 6.47. The molecule has 1 amide bonds. The number of rotatable bonds is 6. The van der Waals surface area contributed by atoms with Crippen LogP contribution in [0.2, 0.25) is 0 Å². The van der Waals surface area contributed by atoms with Crippen LogP contribution in [-0.2, 0) is 9.59 Å². The summed E-state index contributed by atoms with van der Waals surface area (Å²) in [7, 11) is 0. The van der Waals surface area contributed by atoms with Gasteiger partial charge in [0.2, 0.25) is 0 Å². The van der Waals surface area contributed by atoms with E-state index in [1.54, 1.807) is 0 Å². The highest BCUT2D eigenvalue weighted by Crippen LogP contribution is 2.45. The molecular weight excluding hydrogens is 397 g/mol. The maximum Gasteiger partial charge on any atom is 0.471 e. The van der Waals surface area contributed by atoms with Gasteiger partial charge in [0, 0.05) is 43.9 Å². The minimum absolute atomic E-state index is 0.0168. The lowest BCUT2D eigenvalue weighted by Gasteiger charge is -2.43. The summed E-state index contributed by atoms with van der Waals surface area (Å²) in [5.41, 5.74) is 1.88. The number of aliphatic carboxylic acids is 1. The largest absolute Gasteiger partial charge is 0.481 e. The summed E-state index contributed by atoms with van der Waals surface area (Å²) < 4.78 is 39.4. The van der Waals surface area contributed by atoms with Crippen LogP contribution >= 0.6 is 0 Å². The number of nitrogens with one attached hydrogen (secondary N) is 1. The molecule has 1 aliphatic heterocycles. The molecule has 2 N–H and O–H groups in total. The minimum atomic E-state index is -4.82. The Morgan fingerprint density at radius 2 is 1.83 bits per heavy atom. The smallest absolute Gasteiger partial charge is 0.471 e. The Hall–Kier alpha value is -2.35. The molecule has 0 unspecified atom stereocenters. The second-order valence-electron chi connectivity index (χ2n) is 8.26. The number of alkyl halides is 3. The molecule has 2 atom stereocenters. The van der Waals surface area contributed by atoms with E-state index < -0.39 is 18.1 Å². The van der Waals surface area contributed by atoms with Crippen molar-refractivity contribution in [1.29, 1.82) is 0 Å². The topological polar surface area (TPSA) is 69.6 Å². The zero-order valence-corrected chi connectivity index (χ0v) is 17.5. The molecule has 0 radical (unpaired) electrons. The van der Waals surface area contributed by atoms with Crippen molar-refractivity contribution in [2.45, 2.75) is 45.8 Å². The number of hydrogen-bond acceptors (Lipinski definition) is 3. The SMILES string of the molecule is CC(=O)O.CC/C(=C\c1ccccc1)[C@@H]1C[C@H]1N(CC1(C)CNC1)C(=O)C(F)(F)F. The minimum Gasteiger partial charge on any atom is -0.481 e. The predicted octanol–water partition coefficient (Wildman–Crippen LogP) is 3.96. The van der Waals surface area contributed by atoms with Crippen molar-refractivity contribution in [2.24, 2.45) is 11.3 Å². The standard InChI is InChI=1S/C20H25F3N2O.C2H4O2/c1-3-15(9-14-7-5-4-6-8-14)16-10-17(16)25(18(26)20(21,22)23)13-19(2)11-24-12-19;1-2(3)4/h4-9,16-17,24H,3,10-13H2,1-2H3;1H3,(H,3,4)/b15-9+;/t16-,17+;/m0./s1. The van der Waals surface area contributed by atoms with Crippen LogP contribution in [0, 0.1) is 11.3 Å². The average molecular weight is 426 g/mol. The molecule has 5 nitrogen and oxygen atoms in total. The Kier molecular flexibility index (Phi) is 7.69. The van der Waals surface area contributed by atoms with Crippen LogP contribution in [0.5, 0.6) is 0 Å². The first-order valence-electron chi connectivity index (χ1n) is 10.0. The summed E-state index contributed by atoms with van der Waals surface area (Å²) in [6, 6.07) is 9.41. The van der Waals surface area contributed by atoms with Gasteiger partial charge in [-0.3, -0.25) is 9.59 Å². The van der Waals surface area contributed by atoms with Crippen molar-refractivity contribution in [3.8, 4) is 0 Å². The molecule has 0 bridgehead atoms. The highest BCUT2D eigenvalue weighted by Gasteiger charge is 2.54. The van der Waals surface area contributed by atoms with E-state index in [0.29, 0.717) is 19.5 Å². The van der Waals surface area contributed by atoms with Crippen LogP contribution < -0.4 is 5.32 Å². The maximum atomic E-state index is 13.1. The van der Waals surface area contributed by atoms with Gasteiger partial charge >= 0.3 is 12.1 Å². The molecule has 8 heteroatoms. The number of hydrogen-bond donors (Lipinski definition) is 2. The van der Waals surface area contributed by atoms with Crippen molar-refractivity contribution in [1.82, 2.24) is 10.2 Å². The summed E-state index contributed by atoms with van der Waals surface area (Å²) >= 11 is 0. The first-order chi connectivity index (χ1) is 14.0. The Morgan fingerprint density at radius 1 is 1.27 bits per heavy atom. The van der Waals surface area contributed by atoms with Crippen LogP contribution in [0.15, 0.2) is 35.9 Å². The third-order valence-electron chi connectivity index (χ3n) is 5.35. The number of halogens is 3. The van der Waals surface area contributed by atoms with Gasteiger partial charge in [-0.2, -0.15) is 13.2 Å². The lowest BCUT2D eigenvalue weighted by molar-refractivity contribution is -0.188. The van der Waals surface area contributed by atoms with Crippen LogP contribution in [0.1, 0.15) is 39.2 Å². The van der Waals surface area contributed by atoms with Gasteiger partial charge in [0.05, 0.1) is 0 Å². The van der Waals surface area contributed by atoms with Crippen LogP contribution in [-0.4, -0.2) is 53.7 Å². The lowest BCUT2D eigenvalue weighted by atomic mass is 9.83. The molecule has 3 rings (SSSR count). The van der Waals surface area contributed by atoms with E-state index in [4.69, 9.17) is 9.90 Å². The van der Waals surface area contributed by atoms with E-state index in [0.717, 1.165) is 29.4 Å². The van der Waals surface area contributed by atoms with E-state index in [9.17, 15) is 18.0 Å². The molecule has 2 aliphatic rings. The van der Waals surface area contributed by atoms with Gasteiger partial charge in [-0.15, -0.1) is 0 Å². The summed E-state index contributed by atoms with van der Waals surface area (Å²) in [5.74, 6) is -2.52. The van der Waals surface area contributed by atoms with Gasteiger partial charge in [-0.1, -0.05) is 55.8 Å². The molecule has 0 spiro atoms. The van der Waals surface area contributed by atoms with Gasteiger partial charge in [0.25, 0.3) is 5.97 Å². The zero-order valence-electron chi connectivity index (χ0n) is 17.5. The molecule has 0 aromatic heterocycles. The number of amides is 1. The molecule has 166 valence electrons. The predicted molar refractivity (Wildman–Crippen MR) is 109 cm³/mol. The van der Waals surface area contributed by atoms with Gasteiger partial charge in [0.1, 0.15) is 0 Å². The van der Waals surface area contributed by atoms with Crippen molar-refractivity contribution < 1.29 is 27.9 Å². The second kappa shape index (κ2) is 9.64. The molecule has 2 fully saturated rings. The van der Waals surface area contributed by atoms with Gasteiger partial charge in [-0.05, 0) is 18.4 Å². The van der Waals surface area contributed by atoms with Crippen LogP contribution in [0.3, 0.4) is 0 Å². The van der Waals surface area contributed by atoms with E-state index in [-0.39, 0.29) is 23.9 Å². The van der Waals surface area contributed by atoms with E-state index in [2.05, 4.69) is 5.32 Å². The molecular formula is C22H29F3N2O3. The van der Waals surface area contributed by atoms with Gasteiger partial charge in [-0.25, -0.2) is 0 Å². The van der Waals surface area contributed by atoms with Crippen LogP contribution in [0.25, 0.3) is 6.08 Å². The molecule has 1 aromatic rings. The molecule has 1 saturated heterocycles. The number of carbonyl (C=O) groups is 2. The van der Waals surface area contributed by atoms with Crippen molar-refractivity contribution in [3.63, 3.8) is 0 Å². The Balaban J connectivity index is 0.000000735. The second-order valence-corrected chi connectivity index (χ2v) is 8.26. The lowest BCUT2D eigenvalue weighted by Crippen LogP contribution is -2.59. The zero-order chi connectivity index (χ0) is 22.5. The fraction of sp³-hybridized carbons (Fsp3) is 0.545.